The highest BCUT2D eigenvalue weighted by Crippen LogP contribution is 2.30. The van der Waals surface area contributed by atoms with Gasteiger partial charge < -0.3 is 10.1 Å². The van der Waals surface area contributed by atoms with E-state index in [-0.39, 0.29) is 5.92 Å². The van der Waals surface area contributed by atoms with Gasteiger partial charge in [-0.3, -0.25) is 0 Å². The molecule has 106 valence electrons. The summed E-state index contributed by atoms with van der Waals surface area (Å²) in [5.41, 5.74) is 1.54. The highest BCUT2D eigenvalue weighted by Gasteiger charge is 2.16. The molecule has 2 aromatic rings. The number of rotatable bonds is 4. The molecule has 0 aliphatic rings. The number of ether oxygens (including phenoxy) is 1. The zero-order chi connectivity index (χ0) is 14.7. The highest BCUT2D eigenvalue weighted by molar-refractivity contribution is 9.10. The monoisotopic (exact) mass is 337 g/mol. The second-order valence-electron chi connectivity index (χ2n) is 4.46. The van der Waals surface area contributed by atoms with Crippen molar-refractivity contribution in [3.8, 4) is 17.4 Å². The van der Waals surface area contributed by atoms with Crippen LogP contribution in [0.1, 0.15) is 25.5 Å². The summed E-state index contributed by atoms with van der Waals surface area (Å²) in [7, 11) is 3.37. The van der Waals surface area contributed by atoms with Gasteiger partial charge >= 0.3 is 0 Å². The van der Waals surface area contributed by atoms with Crippen LogP contribution in [0.3, 0.4) is 0 Å². The Bertz CT molecular complexity index is 600. The second kappa shape index (κ2) is 6.13. The lowest BCUT2D eigenvalue weighted by Crippen LogP contribution is -2.05. The summed E-state index contributed by atoms with van der Waals surface area (Å²) in [4.78, 5) is 9.01. The van der Waals surface area contributed by atoms with Crippen LogP contribution in [-0.2, 0) is 0 Å². The standard InChI is InChI=1S/C13H16BrN5O/c1-7(2)11-10(14)13(15-3)17-12(16-11)8-5-6-9(20-4)19-18-8/h5-7H,1-4H3,(H,15,16,17). The molecule has 0 amide bonds. The molecule has 0 atom stereocenters. The Balaban J connectivity index is 2.52. The number of nitrogens with one attached hydrogen (secondary N) is 1. The van der Waals surface area contributed by atoms with Crippen molar-refractivity contribution < 1.29 is 4.74 Å². The van der Waals surface area contributed by atoms with E-state index in [1.54, 1.807) is 19.2 Å². The average molecular weight is 338 g/mol. The van der Waals surface area contributed by atoms with Gasteiger partial charge in [0.2, 0.25) is 5.88 Å². The predicted molar refractivity (Wildman–Crippen MR) is 80.9 cm³/mol. The van der Waals surface area contributed by atoms with E-state index < -0.39 is 0 Å². The maximum absolute atomic E-state index is 5.00. The number of nitrogens with zero attached hydrogens (tertiary/aromatic N) is 4. The molecule has 0 bridgehead atoms. The first kappa shape index (κ1) is 14.6. The van der Waals surface area contributed by atoms with Gasteiger partial charge in [0.1, 0.15) is 11.5 Å². The van der Waals surface area contributed by atoms with Crippen molar-refractivity contribution in [2.24, 2.45) is 0 Å². The van der Waals surface area contributed by atoms with E-state index in [2.05, 4.69) is 55.3 Å². The van der Waals surface area contributed by atoms with Gasteiger partial charge in [0, 0.05) is 13.1 Å². The van der Waals surface area contributed by atoms with Crippen molar-refractivity contribution in [1.82, 2.24) is 20.2 Å². The van der Waals surface area contributed by atoms with Crippen molar-refractivity contribution in [1.29, 1.82) is 0 Å². The highest BCUT2D eigenvalue weighted by atomic mass is 79.9. The minimum Gasteiger partial charge on any atom is -0.480 e. The molecule has 0 aliphatic carbocycles. The molecule has 2 heterocycles. The molecule has 7 heteroatoms. The van der Waals surface area contributed by atoms with Crippen LogP contribution in [0, 0.1) is 0 Å². The van der Waals surface area contributed by atoms with Crippen LogP contribution in [0.15, 0.2) is 16.6 Å². The molecular weight excluding hydrogens is 322 g/mol. The summed E-state index contributed by atoms with van der Waals surface area (Å²) < 4.78 is 5.87. The number of anilines is 1. The van der Waals surface area contributed by atoms with Crippen LogP contribution in [0.4, 0.5) is 5.82 Å². The molecule has 1 N–H and O–H groups in total. The Morgan fingerprint density at radius 1 is 1.20 bits per heavy atom. The van der Waals surface area contributed by atoms with Crippen molar-refractivity contribution in [3.05, 3.63) is 22.3 Å². The van der Waals surface area contributed by atoms with Crippen molar-refractivity contribution in [2.45, 2.75) is 19.8 Å². The van der Waals surface area contributed by atoms with Crippen molar-refractivity contribution in [3.63, 3.8) is 0 Å². The smallest absolute Gasteiger partial charge is 0.233 e. The Morgan fingerprint density at radius 2 is 1.95 bits per heavy atom. The fourth-order valence-electron chi connectivity index (χ4n) is 1.68. The zero-order valence-electron chi connectivity index (χ0n) is 11.8. The van der Waals surface area contributed by atoms with E-state index in [4.69, 9.17) is 4.74 Å². The molecular formula is C13H16BrN5O. The van der Waals surface area contributed by atoms with Gasteiger partial charge in [-0.25, -0.2) is 9.97 Å². The Labute approximate surface area is 126 Å². The fourth-order valence-corrected chi connectivity index (χ4v) is 2.51. The third-order valence-corrected chi connectivity index (χ3v) is 3.52. The minimum absolute atomic E-state index is 0.268. The van der Waals surface area contributed by atoms with E-state index in [0.29, 0.717) is 17.4 Å². The topological polar surface area (TPSA) is 72.8 Å². The summed E-state index contributed by atoms with van der Waals surface area (Å²) in [6.45, 7) is 4.16. The summed E-state index contributed by atoms with van der Waals surface area (Å²) in [6, 6.07) is 3.53. The third kappa shape index (κ3) is 2.87. The molecule has 20 heavy (non-hydrogen) atoms. The second-order valence-corrected chi connectivity index (χ2v) is 5.25. The van der Waals surface area contributed by atoms with Crippen LogP contribution in [-0.4, -0.2) is 34.3 Å². The van der Waals surface area contributed by atoms with Crippen molar-refractivity contribution >= 4 is 21.7 Å². The lowest BCUT2D eigenvalue weighted by atomic mass is 10.1. The maximum Gasteiger partial charge on any atom is 0.233 e. The Hall–Kier alpha value is -1.76. The van der Waals surface area contributed by atoms with E-state index >= 15 is 0 Å². The van der Waals surface area contributed by atoms with Gasteiger partial charge in [-0.05, 0) is 27.9 Å². The molecule has 0 fully saturated rings. The summed E-state index contributed by atoms with van der Waals surface area (Å²) in [6.07, 6.45) is 0. The van der Waals surface area contributed by atoms with Crippen LogP contribution in [0.5, 0.6) is 5.88 Å². The first-order valence-corrected chi connectivity index (χ1v) is 6.99. The molecule has 0 saturated heterocycles. The molecule has 0 unspecified atom stereocenters. The van der Waals surface area contributed by atoms with E-state index in [1.165, 1.54) is 0 Å². The molecule has 0 spiro atoms. The van der Waals surface area contributed by atoms with E-state index in [9.17, 15) is 0 Å². The lowest BCUT2D eigenvalue weighted by molar-refractivity contribution is 0.392. The van der Waals surface area contributed by atoms with E-state index in [1.807, 2.05) is 7.05 Å². The number of methoxy groups -OCH3 is 1. The van der Waals surface area contributed by atoms with Gasteiger partial charge in [0.05, 0.1) is 17.3 Å². The molecule has 0 saturated carbocycles. The normalized spacial score (nSPS) is 10.7. The number of hydrogen-bond donors (Lipinski definition) is 1. The predicted octanol–water partition coefficient (Wildman–Crippen LogP) is 2.87. The third-order valence-electron chi connectivity index (χ3n) is 2.74. The number of halogens is 1. The van der Waals surface area contributed by atoms with Gasteiger partial charge in [0.15, 0.2) is 5.82 Å². The largest absolute Gasteiger partial charge is 0.480 e. The van der Waals surface area contributed by atoms with Gasteiger partial charge in [-0.1, -0.05) is 13.8 Å². The van der Waals surface area contributed by atoms with Crippen LogP contribution >= 0.6 is 15.9 Å². The molecule has 0 radical (unpaired) electrons. The molecule has 2 rings (SSSR count). The van der Waals surface area contributed by atoms with Crippen molar-refractivity contribution in [2.75, 3.05) is 19.5 Å². The molecule has 0 aliphatic heterocycles. The molecule has 2 aromatic heterocycles. The van der Waals surface area contributed by atoms with Crippen LogP contribution in [0.25, 0.3) is 11.5 Å². The summed E-state index contributed by atoms with van der Waals surface area (Å²) in [5, 5.41) is 11.1. The quantitative estimate of drug-likeness (QED) is 0.924. The number of aromatic nitrogens is 4. The Morgan fingerprint density at radius 3 is 2.45 bits per heavy atom. The summed E-state index contributed by atoms with van der Waals surface area (Å²) in [5.74, 6) is 2.00. The number of hydrogen-bond acceptors (Lipinski definition) is 6. The lowest BCUT2D eigenvalue weighted by Gasteiger charge is -2.12. The molecule has 0 aromatic carbocycles. The minimum atomic E-state index is 0.268. The maximum atomic E-state index is 5.00. The van der Waals surface area contributed by atoms with Crippen LogP contribution < -0.4 is 10.1 Å². The summed E-state index contributed by atoms with van der Waals surface area (Å²) >= 11 is 3.53. The Kier molecular flexibility index (Phi) is 4.49. The van der Waals surface area contributed by atoms with E-state index in [0.717, 1.165) is 16.0 Å². The average Bonchev–Trinajstić information content (AvgIpc) is 2.47. The SMILES string of the molecule is CNc1nc(-c2ccc(OC)nn2)nc(C(C)C)c1Br. The zero-order valence-corrected chi connectivity index (χ0v) is 13.4. The first-order chi connectivity index (χ1) is 9.56. The van der Waals surface area contributed by atoms with Gasteiger partial charge in [-0.2, -0.15) is 0 Å². The fraction of sp³-hybridized carbons (Fsp3) is 0.385. The van der Waals surface area contributed by atoms with Gasteiger partial charge in [0.25, 0.3) is 0 Å². The van der Waals surface area contributed by atoms with Crippen LogP contribution in [0.2, 0.25) is 0 Å². The van der Waals surface area contributed by atoms with Gasteiger partial charge in [-0.15, -0.1) is 10.2 Å². The first-order valence-electron chi connectivity index (χ1n) is 6.20. The molecule has 6 nitrogen and oxygen atoms in total.